The zero-order valence-corrected chi connectivity index (χ0v) is 9.94. The zero-order chi connectivity index (χ0) is 11.6. The average molecular weight is 218 g/mol. The molecule has 86 valence electrons. The van der Waals surface area contributed by atoms with E-state index >= 15 is 0 Å². The Bertz CT molecular complexity index is 373. The summed E-state index contributed by atoms with van der Waals surface area (Å²) in [6.07, 6.45) is 9.27. The molecule has 16 heavy (non-hydrogen) atoms. The predicted octanol–water partition coefficient (Wildman–Crippen LogP) is 2.88. The Balaban J connectivity index is 2.21. The first-order valence-electron chi connectivity index (χ1n) is 5.91. The molecule has 0 spiro atoms. The van der Waals surface area contributed by atoms with E-state index in [4.69, 9.17) is 0 Å². The molecule has 2 rings (SSSR count). The fourth-order valence-corrected chi connectivity index (χ4v) is 2.58. The third-order valence-corrected chi connectivity index (χ3v) is 3.64. The highest BCUT2D eigenvalue weighted by Gasteiger charge is 2.37. The highest BCUT2D eigenvalue weighted by Crippen LogP contribution is 2.41. The number of Topliss-reactive ketones (excluding diaryl/α,β-unsaturated/α-hetero) is 1. The lowest BCUT2D eigenvalue weighted by atomic mass is 9.67. The molecule has 1 aromatic rings. The van der Waals surface area contributed by atoms with Gasteiger partial charge in [0.05, 0.1) is 6.20 Å². The van der Waals surface area contributed by atoms with Crippen molar-refractivity contribution in [2.24, 2.45) is 11.3 Å². The summed E-state index contributed by atoms with van der Waals surface area (Å²) in [5, 5.41) is 0. The van der Waals surface area contributed by atoms with Crippen molar-refractivity contribution in [1.82, 2.24) is 9.97 Å². The standard InChI is InChI=1S/C13H18N2O/c1-13(2)6-4-3-5-10(13)12(16)11-9-14-7-8-15-11/h7-10H,3-6H2,1-2H3. The van der Waals surface area contributed by atoms with Crippen molar-refractivity contribution in [2.45, 2.75) is 39.5 Å². The molecule has 0 radical (unpaired) electrons. The van der Waals surface area contributed by atoms with Crippen molar-refractivity contribution in [3.05, 3.63) is 24.3 Å². The molecule has 0 aliphatic heterocycles. The van der Waals surface area contributed by atoms with Crippen LogP contribution in [0.2, 0.25) is 0 Å². The lowest BCUT2D eigenvalue weighted by Gasteiger charge is -2.37. The van der Waals surface area contributed by atoms with E-state index in [0.717, 1.165) is 19.3 Å². The van der Waals surface area contributed by atoms with Crippen LogP contribution < -0.4 is 0 Å². The highest BCUT2D eigenvalue weighted by atomic mass is 16.1. The van der Waals surface area contributed by atoms with Crippen molar-refractivity contribution >= 4 is 5.78 Å². The number of hydrogen-bond donors (Lipinski definition) is 0. The van der Waals surface area contributed by atoms with Gasteiger partial charge in [-0.25, -0.2) is 4.98 Å². The van der Waals surface area contributed by atoms with E-state index in [0.29, 0.717) is 5.69 Å². The minimum atomic E-state index is 0.104. The largest absolute Gasteiger partial charge is 0.292 e. The van der Waals surface area contributed by atoms with Crippen LogP contribution >= 0.6 is 0 Å². The SMILES string of the molecule is CC1(C)CCCCC1C(=O)c1cnccn1. The topological polar surface area (TPSA) is 42.9 Å². The average Bonchev–Trinajstić information content (AvgIpc) is 2.29. The maximum atomic E-state index is 12.3. The Kier molecular flexibility index (Phi) is 3.03. The van der Waals surface area contributed by atoms with Gasteiger partial charge in [0.15, 0.2) is 5.78 Å². The lowest BCUT2D eigenvalue weighted by molar-refractivity contribution is 0.0691. The Hall–Kier alpha value is -1.25. The summed E-state index contributed by atoms with van der Waals surface area (Å²) in [5.74, 6) is 0.274. The molecule has 1 heterocycles. The first-order valence-corrected chi connectivity index (χ1v) is 5.91. The quantitative estimate of drug-likeness (QED) is 0.717. The van der Waals surface area contributed by atoms with Crippen LogP contribution in [0.4, 0.5) is 0 Å². The van der Waals surface area contributed by atoms with Gasteiger partial charge in [-0.3, -0.25) is 9.78 Å². The normalized spacial score (nSPS) is 24.0. The molecule has 0 bridgehead atoms. The van der Waals surface area contributed by atoms with Gasteiger partial charge in [0.25, 0.3) is 0 Å². The Labute approximate surface area is 96.3 Å². The van der Waals surface area contributed by atoms with Crippen molar-refractivity contribution in [3.63, 3.8) is 0 Å². The van der Waals surface area contributed by atoms with Gasteiger partial charge in [-0.15, -0.1) is 0 Å². The smallest absolute Gasteiger partial charge is 0.186 e. The monoisotopic (exact) mass is 218 g/mol. The van der Waals surface area contributed by atoms with Crippen LogP contribution in [-0.2, 0) is 0 Å². The molecule has 0 saturated heterocycles. The van der Waals surface area contributed by atoms with E-state index in [9.17, 15) is 4.79 Å². The van der Waals surface area contributed by atoms with Gasteiger partial charge in [0.2, 0.25) is 0 Å². The maximum Gasteiger partial charge on any atom is 0.186 e. The minimum Gasteiger partial charge on any atom is -0.292 e. The van der Waals surface area contributed by atoms with Gasteiger partial charge in [0.1, 0.15) is 5.69 Å². The van der Waals surface area contributed by atoms with Gasteiger partial charge >= 0.3 is 0 Å². The molecule has 1 aliphatic rings. The van der Waals surface area contributed by atoms with Crippen LogP contribution in [0.5, 0.6) is 0 Å². The Morgan fingerprint density at radius 2 is 2.19 bits per heavy atom. The Morgan fingerprint density at radius 3 is 2.81 bits per heavy atom. The second-order valence-corrected chi connectivity index (χ2v) is 5.24. The molecule has 0 N–H and O–H groups in total. The van der Waals surface area contributed by atoms with Gasteiger partial charge < -0.3 is 0 Å². The minimum absolute atomic E-state index is 0.104. The number of carbonyl (C=O) groups excluding carboxylic acids is 1. The first-order chi connectivity index (χ1) is 7.61. The van der Waals surface area contributed by atoms with Crippen molar-refractivity contribution in [1.29, 1.82) is 0 Å². The van der Waals surface area contributed by atoms with Crippen LogP contribution in [0.3, 0.4) is 0 Å². The van der Waals surface area contributed by atoms with E-state index in [2.05, 4.69) is 23.8 Å². The molecule has 3 heteroatoms. The van der Waals surface area contributed by atoms with Crippen LogP contribution in [0.15, 0.2) is 18.6 Å². The highest BCUT2D eigenvalue weighted by molar-refractivity contribution is 5.96. The molecule has 1 unspecified atom stereocenters. The second-order valence-electron chi connectivity index (χ2n) is 5.24. The summed E-state index contributed by atoms with van der Waals surface area (Å²) >= 11 is 0. The van der Waals surface area contributed by atoms with Gasteiger partial charge in [-0.1, -0.05) is 26.7 Å². The number of aromatic nitrogens is 2. The fourth-order valence-electron chi connectivity index (χ4n) is 2.58. The van der Waals surface area contributed by atoms with Crippen LogP contribution in [0, 0.1) is 11.3 Å². The van der Waals surface area contributed by atoms with E-state index in [1.807, 2.05) is 0 Å². The molecule has 1 atom stereocenters. The summed E-state index contributed by atoms with van der Waals surface area (Å²) in [4.78, 5) is 20.4. The molecule has 3 nitrogen and oxygen atoms in total. The summed E-state index contributed by atoms with van der Waals surface area (Å²) in [7, 11) is 0. The van der Waals surface area contributed by atoms with Gasteiger partial charge in [-0.05, 0) is 18.3 Å². The molecule has 1 aromatic heterocycles. The first kappa shape index (κ1) is 11.2. The van der Waals surface area contributed by atoms with Gasteiger partial charge in [0, 0.05) is 18.3 Å². The van der Waals surface area contributed by atoms with E-state index < -0.39 is 0 Å². The summed E-state index contributed by atoms with van der Waals surface area (Å²) in [6, 6.07) is 0. The van der Waals surface area contributed by atoms with Gasteiger partial charge in [-0.2, -0.15) is 0 Å². The van der Waals surface area contributed by atoms with Crippen molar-refractivity contribution in [3.8, 4) is 0 Å². The number of rotatable bonds is 2. The number of carbonyl (C=O) groups is 1. The van der Waals surface area contributed by atoms with Crippen LogP contribution in [0.25, 0.3) is 0 Å². The van der Waals surface area contributed by atoms with E-state index in [1.165, 1.54) is 6.42 Å². The lowest BCUT2D eigenvalue weighted by Crippen LogP contribution is -2.34. The molecular formula is C13H18N2O. The Morgan fingerprint density at radius 1 is 1.38 bits per heavy atom. The summed E-state index contributed by atoms with van der Waals surface area (Å²) in [6.45, 7) is 4.37. The second kappa shape index (κ2) is 4.32. The third kappa shape index (κ3) is 2.13. The zero-order valence-electron chi connectivity index (χ0n) is 9.94. The molecule has 1 saturated carbocycles. The van der Waals surface area contributed by atoms with Crippen molar-refractivity contribution in [2.75, 3.05) is 0 Å². The fraction of sp³-hybridized carbons (Fsp3) is 0.615. The number of ketones is 1. The van der Waals surface area contributed by atoms with Crippen LogP contribution in [0.1, 0.15) is 50.0 Å². The van der Waals surface area contributed by atoms with E-state index in [1.54, 1.807) is 18.6 Å². The molecule has 1 fully saturated rings. The molecule has 0 aromatic carbocycles. The third-order valence-electron chi connectivity index (χ3n) is 3.64. The summed E-state index contributed by atoms with van der Waals surface area (Å²) in [5.41, 5.74) is 0.620. The maximum absolute atomic E-state index is 12.3. The summed E-state index contributed by atoms with van der Waals surface area (Å²) < 4.78 is 0. The molecule has 0 amide bonds. The van der Waals surface area contributed by atoms with E-state index in [-0.39, 0.29) is 17.1 Å². The van der Waals surface area contributed by atoms with Crippen LogP contribution in [-0.4, -0.2) is 15.8 Å². The number of nitrogens with zero attached hydrogens (tertiary/aromatic N) is 2. The van der Waals surface area contributed by atoms with Crippen molar-refractivity contribution < 1.29 is 4.79 Å². The number of hydrogen-bond acceptors (Lipinski definition) is 3. The molecule has 1 aliphatic carbocycles. The molecular weight excluding hydrogens is 200 g/mol. The predicted molar refractivity (Wildman–Crippen MR) is 62.1 cm³/mol.